The summed E-state index contributed by atoms with van der Waals surface area (Å²) in [6.45, 7) is 6.49. The summed E-state index contributed by atoms with van der Waals surface area (Å²) in [7, 11) is 0. The zero-order valence-corrected chi connectivity index (χ0v) is 19.3. The largest absolute Gasteiger partial charge is 0.489 e. The Morgan fingerprint density at radius 1 is 1.09 bits per heavy atom. The number of aryl methyl sites for hydroxylation is 2. The number of thiophene rings is 1. The second-order valence-electron chi connectivity index (χ2n) is 8.68. The van der Waals surface area contributed by atoms with E-state index in [0.29, 0.717) is 19.4 Å². The van der Waals surface area contributed by atoms with Gasteiger partial charge in [0, 0.05) is 35.0 Å². The van der Waals surface area contributed by atoms with Crippen LogP contribution in [0.3, 0.4) is 0 Å². The topological polar surface area (TPSA) is 71.5 Å². The predicted octanol–water partition coefficient (Wildman–Crippen LogP) is 4.36. The normalized spacial score (nSPS) is 17.5. The van der Waals surface area contributed by atoms with E-state index >= 15 is 0 Å². The van der Waals surface area contributed by atoms with E-state index in [2.05, 4.69) is 36.3 Å². The van der Waals surface area contributed by atoms with Gasteiger partial charge in [-0.15, -0.1) is 11.3 Å². The Balaban J connectivity index is 1.55. The van der Waals surface area contributed by atoms with Crippen molar-refractivity contribution in [2.45, 2.75) is 52.2 Å². The molecule has 2 fully saturated rings. The number of nitrogens with one attached hydrogen (secondary N) is 1. The van der Waals surface area contributed by atoms with E-state index in [9.17, 15) is 9.59 Å². The van der Waals surface area contributed by atoms with E-state index in [-0.39, 0.29) is 17.9 Å². The summed E-state index contributed by atoms with van der Waals surface area (Å²) in [5, 5.41) is 3.39. The number of ether oxygens (including phenoxy) is 1. The molecule has 166 valence electrons. The van der Waals surface area contributed by atoms with Crippen molar-refractivity contribution in [3.63, 3.8) is 0 Å². The smallest absolute Gasteiger partial charge is 0.230 e. The van der Waals surface area contributed by atoms with Gasteiger partial charge in [-0.2, -0.15) is 0 Å². The van der Waals surface area contributed by atoms with Crippen LogP contribution in [0.2, 0.25) is 0 Å². The Bertz CT molecular complexity index is 1180. The third-order valence-electron chi connectivity index (χ3n) is 6.21. The summed E-state index contributed by atoms with van der Waals surface area (Å²) in [6, 6.07) is 8.39. The third-order valence-corrected chi connectivity index (χ3v) is 7.35. The lowest BCUT2D eigenvalue weighted by molar-refractivity contribution is -0.138. The first-order valence-electron chi connectivity index (χ1n) is 11.2. The second-order valence-corrected chi connectivity index (χ2v) is 9.82. The maximum absolute atomic E-state index is 12.1. The lowest BCUT2D eigenvalue weighted by Crippen LogP contribution is -2.34. The number of rotatable bonds is 5. The fraction of sp³-hybridized carbons (Fsp3) is 0.400. The van der Waals surface area contributed by atoms with Crippen LogP contribution in [0.5, 0.6) is 5.75 Å². The number of amides is 2. The van der Waals surface area contributed by atoms with Crippen LogP contribution in [0.25, 0.3) is 21.3 Å². The average molecular weight is 450 g/mol. The lowest BCUT2D eigenvalue weighted by atomic mass is 9.99. The van der Waals surface area contributed by atoms with Crippen LogP contribution in [0, 0.1) is 13.8 Å². The highest BCUT2D eigenvalue weighted by Gasteiger charge is 2.29. The van der Waals surface area contributed by atoms with E-state index in [1.807, 2.05) is 18.3 Å². The standard InChI is InChI=1S/C25H27N3O3S/c1-15-11-16(2)24(31-17-5-8-26-9-6-17)20(12-15)19-7-10-27-21-13-18(32-25(19)21)14-28-22(29)3-4-23(28)30/h7,10-13,17,26H,3-6,8-9,14H2,1-2H3. The minimum atomic E-state index is -0.0902. The number of aromatic nitrogens is 1. The molecule has 4 heterocycles. The van der Waals surface area contributed by atoms with Crippen molar-refractivity contribution in [1.29, 1.82) is 0 Å². The van der Waals surface area contributed by atoms with Gasteiger partial charge in [-0.05, 0) is 69.1 Å². The van der Waals surface area contributed by atoms with Crippen LogP contribution in [0.1, 0.15) is 41.7 Å². The van der Waals surface area contributed by atoms with Crippen LogP contribution >= 0.6 is 11.3 Å². The van der Waals surface area contributed by atoms with E-state index in [1.54, 1.807) is 11.3 Å². The van der Waals surface area contributed by atoms with Gasteiger partial charge >= 0.3 is 0 Å². The monoisotopic (exact) mass is 449 g/mol. The highest BCUT2D eigenvalue weighted by Crippen LogP contribution is 2.41. The minimum absolute atomic E-state index is 0.0902. The van der Waals surface area contributed by atoms with Crippen molar-refractivity contribution in [1.82, 2.24) is 15.2 Å². The molecule has 1 aromatic carbocycles. The molecular weight excluding hydrogens is 422 g/mol. The van der Waals surface area contributed by atoms with Crippen LogP contribution < -0.4 is 10.1 Å². The Morgan fingerprint density at radius 3 is 2.59 bits per heavy atom. The molecule has 0 bridgehead atoms. The number of carbonyl (C=O) groups excluding carboxylic acids is 2. The molecule has 0 saturated carbocycles. The number of hydrogen-bond acceptors (Lipinski definition) is 6. The highest BCUT2D eigenvalue weighted by atomic mass is 32.1. The lowest BCUT2D eigenvalue weighted by Gasteiger charge is -2.26. The number of piperidine rings is 1. The van der Waals surface area contributed by atoms with Crippen LogP contribution in [0.4, 0.5) is 0 Å². The number of likely N-dealkylation sites (tertiary alicyclic amines) is 1. The Kier molecular flexibility index (Phi) is 5.69. The number of fused-ring (bicyclic) bond motifs is 1. The van der Waals surface area contributed by atoms with Gasteiger partial charge in [-0.3, -0.25) is 19.5 Å². The van der Waals surface area contributed by atoms with Crippen LogP contribution in [0.15, 0.2) is 30.5 Å². The van der Waals surface area contributed by atoms with Gasteiger partial charge < -0.3 is 10.1 Å². The summed E-state index contributed by atoms with van der Waals surface area (Å²) in [6.07, 6.45) is 4.66. The zero-order valence-electron chi connectivity index (χ0n) is 18.4. The molecule has 7 heteroatoms. The molecule has 0 radical (unpaired) electrons. The van der Waals surface area contributed by atoms with Gasteiger partial charge in [0.2, 0.25) is 11.8 Å². The summed E-state index contributed by atoms with van der Waals surface area (Å²) < 4.78 is 7.62. The number of imide groups is 1. The summed E-state index contributed by atoms with van der Waals surface area (Å²) in [5.41, 5.74) is 5.36. The molecule has 2 aliphatic heterocycles. The van der Waals surface area contributed by atoms with Gasteiger partial charge in [0.15, 0.2) is 0 Å². The molecule has 0 unspecified atom stereocenters. The van der Waals surface area contributed by atoms with E-state index in [1.165, 1.54) is 10.5 Å². The molecule has 32 heavy (non-hydrogen) atoms. The fourth-order valence-corrected chi connectivity index (χ4v) is 5.75. The van der Waals surface area contributed by atoms with Crippen molar-refractivity contribution in [2.75, 3.05) is 13.1 Å². The number of pyridine rings is 1. The van der Waals surface area contributed by atoms with Gasteiger partial charge in [0.25, 0.3) is 0 Å². The molecule has 0 spiro atoms. The van der Waals surface area contributed by atoms with E-state index in [0.717, 1.165) is 63.5 Å². The number of nitrogens with zero attached hydrogens (tertiary/aromatic N) is 2. The number of hydrogen-bond donors (Lipinski definition) is 1. The summed E-state index contributed by atoms with van der Waals surface area (Å²) in [4.78, 5) is 31.0. The molecule has 2 aromatic heterocycles. The minimum Gasteiger partial charge on any atom is -0.489 e. The molecule has 5 rings (SSSR count). The first-order valence-corrected chi connectivity index (χ1v) is 12.0. The van der Waals surface area contributed by atoms with Crippen molar-refractivity contribution in [2.24, 2.45) is 0 Å². The second kappa shape index (κ2) is 8.64. The average Bonchev–Trinajstić information content (AvgIpc) is 3.34. The molecular formula is C25H27N3O3S. The van der Waals surface area contributed by atoms with Gasteiger partial charge in [0.1, 0.15) is 11.9 Å². The maximum Gasteiger partial charge on any atom is 0.230 e. The quantitative estimate of drug-likeness (QED) is 0.586. The van der Waals surface area contributed by atoms with E-state index < -0.39 is 0 Å². The number of benzene rings is 1. The van der Waals surface area contributed by atoms with Crippen LogP contribution in [-0.2, 0) is 16.1 Å². The molecule has 0 atom stereocenters. The SMILES string of the molecule is Cc1cc(C)c(OC2CCNCC2)c(-c2ccnc3cc(CN4C(=O)CCC4=O)sc23)c1. The van der Waals surface area contributed by atoms with E-state index in [4.69, 9.17) is 4.74 Å². The molecule has 2 amide bonds. The third kappa shape index (κ3) is 4.02. The molecule has 3 aromatic rings. The molecule has 2 saturated heterocycles. The Labute approximate surface area is 191 Å². The molecule has 2 aliphatic rings. The molecule has 6 nitrogen and oxygen atoms in total. The zero-order chi connectivity index (χ0) is 22.2. The molecule has 1 N–H and O–H groups in total. The Morgan fingerprint density at radius 2 is 1.84 bits per heavy atom. The summed E-state index contributed by atoms with van der Waals surface area (Å²) >= 11 is 1.60. The Hall–Kier alpha value is -2.77. The highest BCUT2D eigenvalue weighted by molar-refractivity contribution is 7.19. The van der Waals surface area contributed by atoms with Crippen molar-refractivity contribution in [3.8, 4) is 16.9 Å². The number of carbonyl (C=O) groups is 2. The van der Waals surface area contributed by atoms with Crippen molar-refractivity contribution >= 4 is 33.4 Å². The van der Waals surface area contributed by atoms with Crippen LogP contribution in [-0.4, -0.2) is 40.9 Å². The van der Waals surface area contributed by atoms with Gasteiger partial charge in [-0.25, -0.2) is 0 Å². The maximum atomic E-state index is 12.1. The predicted molar refractivity (Wildman–Crippen MR) is 126 cm³/mol. The first kappa shape index (κ1) is 21.1. The van der Waals surface area contributed by atoms with Gasteiger partial charge in [0.05, 0.1) is 16.8 Å². The van der Waals surface area contributed by atoms with Crippen molar-refractivity contribution in [3.05, 3.63) is 46.5 Å². The first-order chi connectivity index (χ1) is 15.5. The van der Waals surface area contributed by atoms with Gasteiger partial charge in [-0.1, -0.05) is 6.07 Å². The summed E-state index contributed by atoms with van der Waals surface area (Å²) in [5.74, 6) is 0.759. The fourth-order valence-electron chi connectivity index (χ4n) is 4.62. The molecule has 0 aliphatic carbocycles. The van der Waals surface area contributed by atoms with Crippen molar-refractivity contribution < 1.29 is 14.3 Å².